The number of ether oxygens (including phenoxy) is 1. The summed E-state index contributed by atoms with van der Waals surface area (Å²) < 4.78 is 42.9. The lowest BCUT2D eigenvalue weighted by Gasteiger charge is -2.21. The molecule has 0 aliphatic carbocycles. The molecule has 0 fully saturated rings. The third-order valence-electron chi connectivity index (χ3n) is 2.26. The maximum Gasteiger partial charge on any atom is 0.399 e. The van der Waals surface area contributed by atoms with Crippen molar-refractivity contribution in [2.24, 2.45) is 0 Å². The summed E-state index contributed by atoms with van der Waals surface area (Å²) >= 11 is 0. The van der Waals surface area contributed by atoms with E-state index in [2.05, 4.69) is 11.3 Å². The van der Waals surface area contributed by atoms with Gasteiger partial charge in [0.05, 0.1) is 7.11 Å². The van der Waals surface area contributed by atoms with Crippen LogP contribution in [0.5, 0.6) is 0 Å². The predicted molar refractivity (Wildman–Crippen MR) is 56.4 cm³/mol. The van der Waals surface area contributed by atoms with E-state index in [1.54, 1.807) is 6.07 Å². The Labute approximate surface area is 96.7 Å². The first kappa shape index (κ1) is 13.3. The van der Waals surface area contributed by atoms with E-state index < -0.39 is 23.6 Å². The SMILES string of the molecule is C=C(C(=O)OC)[C@H](c1ccccc1)C(F)(F)F. The van der Waals surface area contributed by atoms with Gasteiger partial charge in [-0.15, -0.1) is 0 Å². The predicted octanol–water partition coefficient (Wildman–Crippen LogP) is 3.06. The molecule has 0 bridgehead atoms. The number of rotatable bonds is 3. The molecule has 0 aromatic heterocycles. The number of carbonyl (C=O) groups excluding carboxylic acids is 1. The van der Waals surface area contributed by atoms with Crippen LogP contribution in [0, 0.1) is 0 Å². The van der Waals surface area contributed by atoms with Crippen molar-refractivity contribution < 1.29 is 22.7 Å². The molecule has 0 amide bonds. The smallest absolute Gasteiger partial charge is 0.399 e. The Morgan fingerprint density at radius 1 is 1.29 bits per heavy atom. The van der Waals surface area contributed by atoms with Crippen molar-refractivity contribution in [1.29, 1.82) is 0 Å². The van der Waals surface area contributed by atoms with Crippen molar-refractivity contribution in [2.45, 2.75) is 12.1 Å². The largest absolute Gasteiger partial charge is 0.466 e. The lowest BCUT2D eigenvalue weighted by molar-refractivity contribution is -0.153. The van der Waals surface area contributed by atoms with Gasteiger partial charge in [-0.05, 0) is 5.56 Å². The molecule has 0 aliphatic rings. The van der Waals surface area contributed by atoms with Crippen LogP contribution in [-0.2, 0) is 9.53 Å². The maximum absolute atomic E-state index is 12.9. The fourth-order valence-corrected chi connectivity index (χ4v) is 1.48. The number of alkyl halides is 3. The van der Waals surface area contributed by atoms with Crippen LogP contribution in [0.2, 0.25) is 0 Å². The van der Waals surface area contributed by atoms with E-state index in [9.17, 15) is 18.0 Å². The quantitative estimate of drug-likeness (QED) is 0.603. The Hall–Kier alpha value is -1.78. The molecule has 92 valence electrons. The molecule has 0 saturated carbocycles. The molecule has 1 atom stereocenters. The minimum Gasteiger partial charge on any atom is -0.466 e. The van der Waals surface area contributed by atoms with Gasteiger partial charge in [0, 0.05) is 5.57 Å². The van der Waals surface area contributed by atoms with Crippen LogP contribution in [0.15, 0.2) is 42.5 Å². The van der Waals surface area contributed by atoms with Crippen molar-refractivity contribution in [3.05, 3.63) is 48.0 Å². The van der Waals surface area contributed by atoms with Gasteiger partial charge in [-0.2, -0.15) is 13.2 Å². The normalized spacial score (nSPS) is 12.9. The van der Waals surface area contributed by atoms with Gasteiger partial charge in [-0.25, -0.2) is 4.79 Å². The molecular formula is C12H11F3O2. The molecule has 0 saturated heterocycles. The van der Waals surface area contributed by atoms with Crippen molar-refractivity contribution >= 4 is 5.97 Å². The molecule has 0 N–H and O–H groups in total. The Balaban J connectivity index is 3.15. The van der Waals surface area contributed by atoms with E-state index in [-0.39, 0.29) is 5.56 Å². The fraction of sp³-hybridized carbons (Fsp3) is 0.250. The van der Waals surface area contributed by atoms with Gasteiger partial charge in [0.2, 0.25) is 0 Å². The molecule has 1 aromatic carbocycles. The molecule has 1 rings (SSSR count). The summed E-state index contributed by atoms with van der Waals surface area (Å²) in [6.07, 6.45) is -4.58. The van der Waals surface area contributed by atoms with Gasteiger partial charge < -0.3 is 4.74 Å². The van der Waals surface area contributed by atoms with Gasteiger partial charge in [0.15, 0.2) is 0 Å². The maximum atomic E-state index is 12.9. The lowest BCUT2D eigenvalue weighted by atomic mass is 9.91. The second-order valence-corrected chi connectivity index (χ2v) is 3.40. The minimum absolute atomic E-state index is 0.0320. The fourth-order valence-electron chi connectivity index (χ4n) is 1.48. The third-order valence-corrected chi connectivity index (χ3v) is 2.26. The van der Waals surface area contributed by atoms with Crippen molar-refractivity contribution in [3.63, 3.8) is 0 Å². The van der Waals surface area contributed by atoms with Crippen LogP contribution < -0.4 is 0 Å². The van der Waals surface area contributed by atoms with Gasteiger partial charge in [0.1, 0.15) is 5.92 Å². The topological polar surface area (TPSA) is 26.3 Å². The number of carbonyl (C=O) groups is 1. The second-order valence-electron chi connectivity index (χ2n) is 3.40. The van der Waals surface area contributed by atoms with E-state index >= 15 is 0 Å². The highest BCUT2D eigenvalue weighted by Crippen LogP contribution is 2.39. The van der Waals surface area contributed by atoms with Gasteiger partial charge in [0.25, 0.3) is 0 Å². The zero-order valence-electron chi connectivity index (χ0n) is 9.12. The molecule has 0 radical (unpaired) electrons. The summed E-state index contributed by atoms with van der Waals surface area (Å²) in [5, 5.41) is 0. The van der Waals surface area contributed by atoms with Gasteiger partial charge in [-0.1, -0.05) is 36.9 Å². The van der Waals surface area contributed by atoms with E-state index in [0.717, 1.165) is 7.11 Å². The van der Waals surface area contributed by atoms with Crippen molar-refractivity contribution in [3.8, 4) is 0 Å². The van der Waals surface area contributed by atoms with Crippen LogP contribution in [0.1, 0.15) is 11.5 Å². The molecule has 5 heteroatoms. The number of hydrogen-bond donors (Lipinski definition) is 0. The van der Waals surface area contributed by atoms with Crippen LogP contribution >= 0.6 is 0 Å². The molecule has 0 aliphatic heterocycles. The number of esters is 1. The zero-order valence-corrected chi connectivity index (χ0v) is 9.12. The molecule has 2 nitrogen and oxygen atoms in total. The van der Waals surface area contributed by atoms with E-state index in [0.29, 0.717) is 0 Å². The lowest BCUT2D eigenvalue weighted by Crippen LogP contribution is -2.26. The Kier molecular flexibility index (Phi) is 3.93. The Morgan fingerprint density at radius 2 is 1.82 bits per heavy atom. The van der Waals surface area contributed by atoms with Gasteiger partial charge in [-0.3, -0.25) is 0 Å². The zero-order chi connectivity index (χ0) is 13.1. The third kappa shape index (κ3) is 3.09. The van der Waals surface area contributed by atoms with Crippen LogP contribution in [0.25, 0.3) is 0 Å². The average Bonchev–Trinajstić information content (AvgIpc) is 2.27. The number of hydrogen-bond acceptors (Lipinski definition) is 2. The molecule has 0 heterocycles. The number of methoxy groups -OCH3 is 1. The van der Waals surface area contributed by atoms with E-state index in [1.165, 1.54) is 24.3 Å². The average molecular weight is 244 g/mol. The van der Waals surface area contributed by atoms with Crippen LogP contribution in [-0.4, -0.2) is 19.3 Å². The summed E-state index contributed by atoms with van der Waals surface area (Å²) in [7, 11) is 1.02. The summed E-state index contributed by atoms with van der Waals surface area (Å²) in [5.41, 5.74) is -0.651. The van der Waals surface area contributed by atoms with E-state index in [4.69, 9.17) is 0 Å². The molecule has 17 heavy (non-hydrogen) atoms. The summed E-state index contributed by atoms with van der Waals surface area (Å²) in [6.45, 7) is 3.17. The van der Waals surface area contributed by atoms with Crippen molar-refractivity contribution in [1.82, 2.24) is 0 Å². The van der Waals surface area contributed by atoms with E-state index in [1.807, 2.05) is 0 Å². The first-order valence-corrected chi connectivity index (χ1v) is 4.76. The van der Waals surface area contributed by atoms with Crippen LogP contribution in [0.3, 0.4) is 0 Å². The second kappa shape index (κ2) is 5.03. The highest BCUT2D eigenvalue weighted by Gasteiger charge is 2.44. The highest BCUT2D eigenvalue weighted by molar-refractivity contribution is 5.89. The number of halogens is 3. The van der Waals surface area contributed by atoms with Crippen molar-refractivity contribution in [2.75, 3.05) is 7.11 Å². The first-order valence-electron chi connectivity index (χ1n) is 4.76. The highest BCUT2D eigenvalue weighted by atomic mass is 19.4. The summed E-state index contributed by atoms with van der Waals surface area (Å²) in [4.78, 5) is 11.2. The minimum atomic E-state index is -4.58. The Morgan fingerprint density at radius 3 is 2.24 bits per heavy atom. The molecule has 0 unspecified atom stereocenters. The first-order chi connectivity index (χ1) is 7.88. The monoisotopic (exact) mass is 244 g/mol. The van der Waals surface area contributed by atoms with Gasteiger partial charge >= 0.3 is 12.1 Å². The number of benzene rings is 1. The molecule has 1 aromatic rings. The summed E-state index contributed by atoms with van der Waals surface area (Å²) in [5.74, 6) is -3.09. The Bertz CT molecular complexity index is 410. The van der Waals surface area contributed by atoms with Crippen LogP contribution in [0.4, 0.5) is 13.2 Å². The molecular weight excluding hydrogens is 233 g/mol. The summed E-state index contributed by atoms with van der Waals surface area (Å²) in [6, 6.07) is 7.13. The standard InChI is InChI=1S/C12H11F3O2/c1-8(11(16)17-2)10(12(13,14)15)9-6-4-3-5-7-9/h3-7,10H,1H2,2H3/t10-/m1/s1. The molecule has 0 spiro atoms.